The summed E-state index contributed by atoms with van der Waals surface area (Å²) >= 11 is 0. The summed E-state index contributed by atoms with van der Waals surface area (Å²) in [5, 5.41) is 0. The molecule has 0 saturated carbocycles. The first-order chi connectivity index (χ1) is 13.5. The van der Waals surface area contributed by atoms with Crippen molar-refractivity contribution < 1.29 is 18.3 Å². The first-order valence-electron chi connectivity index (χ1n) is 11.1. The second-order valence-electron chi connectivity index (χ2n) is 7.81. The van der Waals surface area contributed by atoms with Gasteiger partial charge in [0.2, 0.25) is 0 Å². The summed E-state index contributed by atoms with van der Waals surface area (Å²) in [6.07, 6.45) is 13.0. The Kier molecular flexibility index (Phi) is 12.6. The Labute approximate surface area is 171 Å². The molecule has 0 saturated heterocycles. The number of methoxy groups -OCH3 is 2. The predicted octanol–water partition coefficient (Wildman–Crippen LogP) is 7.44. The number of unbranched alkanes of at least 4 members (excludes halogenated alkanes) is 6. The molecular formula is C24H40F2O2. The van der Waals surface area contributed by atoms with Crippen LogP contribution in [0.4, 0.5) is 8.78 Å². The molecule has 0 aliphatic rings. The Morgan fingerprint density at radius 1 is 0.857 bits per heavy atom. The number of hydrogen-bond donors (Lipinski definition) is 0. The number of hydrogen-bond acceptors (Lipinski definition) is 2. The van der Waals surface area contributed by atoms with Crippen LogP contribution in [0, 0.1) is 17.6 Å². The monoisotopic (exact) mass is 398 g/mol. The molecule has 1 rings (SSSR count). The quantitative estimate of drug-likeness (QED) is 0.213. The van der Waals surface area contributed by atoms with Crippen molar-refractivity contribution >= 4 is 0 Å². The van der Waals surface area contributed by atoms with Gasteiger partial charge >= 0.3 is 0 Å². The molecule has 0 heterocycles. The van der Waals surface area contributed by atoms with Crippen LogP contribution in [0.15, 0.2) is 18.2 Å². The van der Waals surface area contributed by atoms with Gasteiger partial charge in [-0.3, -0.25) is 0 Å². The summed E-state index contributed by atoms with van der Waals surface area (Å²) in [4.78, 5) is 0. The van der Waals surface area contributed by atoms with Crippen LogP contribution in [0.25, 0.3) is 0 Å². The van der Waals surface area contributed by atoms with Crippen LogP contribution >= 0.6 is 0 Å². The number of halogens is 2. The molecule has 0 aromatic heterocycles. The highest BCUT2D eigenvalue weighted by atomic mass is 19.1. The van der Waals surface area contributed by atoms with Gasteiger partial charge in [-0.1, -0.05) is 64.9 Å². The minimum atomic E-state index is -0.537. The fraction of sp³-hybridized carbons (Fsp3) is 0.750. The highest BCUT2D eigenvalue weighted by molar-refractivity contribution is 5.18. The first kappa shape index (κ1) is 25.0. The summed E-state index contributed by atoms with van der Waals surface area (Å²) in [6, 6.07) is 3.85. The average molecular weight is 399 g/mol. The largest absolute Gasteiger partial charge is 0.353 e. The molecule has 0 radical (unpaired) electrons. The molecule has 0 amide bonds. The summed E-state index contributed by atoms with van der Waals surface area (Å²) in [7, 11) is 3.46. The van der Waals surface area contributed by atoms with E-state index in [2.05, 4.69) is 13.8 Å². The Balaban J connectivity index is 2.53. The third kappa shape index (κ3) is 8.16. The van der Waals surface area contributed by atoms with Gasteiger partial charge in [-0.15, -0.1) is 0 Å². The van der Waals surface area contributed by atoms with Crippen molar-refractivity contribution in [2.45, 2.75) is 96.7 Å². The van der Waals surface area contributed by atoms with E-state index in [9.17, 15) is 8.78 Å². The molecule has 0 fully saturated rings. The third-order valence-electron chi connectivity index (χ3n) is 5.98. The van der Waals surface area contributed by atoms with E-state index in [0.29, 0.717) is 17.9 Å². The smallest absolute Gasteiger partial charge is 0.170 e. The van der Waals surface area contributed by atoms with E-state index in [1.165, 1.54) is 44.6 Å². The molecule has 1 aromatic rings. The zero-order valence-corrected chi connectivity index (χ0v) is 18.4. The lowest BCUT2D eigenvalue weighted by molar-refractivity contribution is -0.244. The summed E-state index contributed by atoms with van der Waals surface area (Å²) in [6.45, 7) is 4.34. The van der Waals surface area contributed by atoms with Gasteiger partial charge in [0.15, 0.2) is 5.79 Å². The van der Waals surface area contributed by atoms with Gasteiger partial charge < -0.3 is 9.47 Å². The summed E-state index contributed by atoms with van der Waals surface area (Å²) in [5.74, 6) is -1.17. The molecule has 1 atom stereocenters. The maximum absolute atomic E-state index is 13.8. The van der Waals surface area contributed by atoms with Crippen molar-refractivity contribution in [2.75, 3.05) is 14.2 Å². The fourth-order valence-corrected chi connectivity index (χ4v) is 4.18. The average Bonchev–Trinajstić information content (AvgIpc) is 2.70. The van der Waals surface area contributed by atoms with E-state index in [4.69, 9.17) is 9.47 Å². The minimum Gasteiger partial charge on any atom is -0.353 e. The van der Waals surface area contributed by atoms with E-state index in [1.807, 2.05) is 0 Å². The van der Waals surface area contributed by atoms with E-state index in [0.717, 1.165) is 38.2 Å². The normalized spacial score (nSPS) is 13.1. The first-order valence-corrected chi connectivity index (χ1v) is 11.1. The molecule has 0 spiro atoms. The van der Waals surface area contributed by atoms with Gasteiger partial charge in [-0.05, 0) is 43.7 Å². The van der Waals surface area contributed by atoms with E-state index in [1.54, 1.807) is 20.3 Å². The number of aryl methyl sites for hydroxylation is 1. The molecular weight excluding hydrogens is 358 g/mol. The van der Waals surface area contributed by atoms with Crippen molar-refractivity contribution in [3.63, 3.8) is 0 Å². The fourth-order valence-electron chi connectivity index (χ4n) is 4.18. The van der Waals surface area contributed by atoms with Crippen molar-refractivity contribution in [3.05, 3.63) is 35.4 Å². The SMILES string of the molecule is CCCCCCCCC(CCCCc1ccc(F)cc1F)C(CC)(OC)OC. The van der Waals surface area contributed by atoms with Gasteiger partial charge in [0, 0.05) is 26.2 Å². The zero-order valence-electron chi connectivity index (χ0n) is 18.4. The van der Waals surface area contributed by atoms with Crippen molar-refractivity contribution in [1.82, 2.24) is 0 Å². The molecule has 1 aromatic carbocycles. The van der Waals surface area contributed by atoms with Crippen LogP contribution in [-0.4, -0.2) is 20.0 Å². The van der Waals surface area contributed by atoms with Crippen LogP contribution in [0.1, 0.15) is 90.0 Å². The van der Waals surface area contributed by atoms with Gasteiger partial charge in [0.25, 0.3) is 0 Å². The van der Waals surface area contributed by atoms with Crippen LogP contribution in [0.5, 0.6) is 0 Å². The lowest BCUT2D eigenvalue weighted by atomic mass is 9.85. The lowest BCUT2D eigenvalue weighted by Crippen LogP contribution is -2.41. The highest BCUT2D eigenvalue weighted by Crippen LogP contribution is 2.34. The second kappa shape index (κ2) is 14.1. The number of ether oxygens (including phenoxy) is 2. The van der Waals surface area contributed by atoms with E-state index in [-0.39, 0.29) is 0 Å². The van der Waals surface area contributed by atoms with Crippen molar-refractivity contribution in [2.24, 2.45) is 5.92 Å². The molecule has 2 nitrogen and oxygen atoms in total. The molecule has 0 aliphatic heterocycles. The standard InChI is InChI=1S/C24H40F2O2/c1-5-7-8-9-10-11-15-21(24(6-2,27-3)28-4)16-13-12-14-20-17-18-22(25)19-23(20)26/h17-19,21H,5-16H2,1-4H3. The summed E-state index contributed by atoms with van der Waals surface area (Å²) in [5.41, 5.74) is 0.592. The number of benzene rings is 1. The zero-order chi connectivity index (χ0) is 20.8. The van der Waals surface area contributed by atoms with Crippen molar-refractivity contribution in [3.8, 4) is 0 Å². The molecule has 28 heavy (non-hydrogen) atoms. The van der Waals surface area contributed by atoms with Crippen molar-refractivity contribution in [1.29, 1.82) is 0 Å². The maximum Gasteiger partial charge on any atom is 0.170 e. The topological polar surface area (TPSA) is 18.5 Å². The van der Waals surface area contributed by atoms with Gasteiger partial charge in [-0.25, -0.2) is 8.78 Å². The Morgan fingerprint density at radius 2 is 1.46 bits per heavy atom. The lowest BCUT2D eigenvalue weighted by Gasteiger charge is -2.38. The maximum atomic E-state index is 13.8. The molecule has 0 N–H and O–H groups in total. The molecule has 0 bridgehead atoms. The highest BCUT2D eigenvalue weighted by Gasteiger charge is 2.36. The van der Waals surface area contributed by atoms with Crippen LogP contribution in [0.2, 0.25) is 0 Å². The molecule has 1 unspecified atom stereocenters. The van der Waals surface area contributed by atoms with Crippen LogP contribution in [-0.2, 0) is 15.9 Å². The predicted molar refractivity (Wildman–Crippen MR) is 112 cm³/mol. The van der Waals surface area contributed by atoms with E-state index >= 15 is 0 Å². The van der Waals surface area contributed by atoms with Crippen LogP contribution in [0.3, 0.4) is 0 Å². The number of rotatable bonds is 16. The molecule has 0 aliphatic carbocycles. The van der Waals surface area contributed by atoms with E-state index < -0.39 is 17.4 Å². The van der Waals surface area contributed by atoms with Gasteiger partial charge in [0.05, 0.1) is 0 Å². The Morgan fingerprint density at radius 3 is 2.04 bits per heavy atom. The summed E-state index contributed by atoms with van der Waals surface area (Å²) < 4.78 is 38.5. The van der Waals surface area contributed by atoms with Crippen LogP contribution < -0.4 is 0 Å². The second-order valence-corrected chi connectivity index (χ2v) is 7.81. The third-order valence-corrected chi connectivity index (χ3v) is 5.98. The van der Waals surface area contributed by atoms with Gasteiger partial charge in [-0.2, -0.15) is 0 Å². The van der Waals surface area contributed by atoms with Gasteiger partial charge in [0.1, 0.15) is 11.6 Å². The Hall–Kier alpha value is -1.00. The Bertz CT molecular complexity index is 521. The molecule has 4 heteroatoms. The minimum absolute atomic E-state index is 0.330. The molecule has 162 valence electrons.